The number of carbonyl (C=O) groups excluding carboxylic acids is 1. The first-order valence-electron chi connectivity index (χ1n) is 12.3. The SMILES string of the molecule is Cc1cc(F)cc(-n2c(C(C)Nc3ncnc(N)c3C#Cc3ccc(C(N)=O)cn3)nc3cccc(Cl)c3c2=O)c1. The summed E-state index contributed by atoms with van der Waals surface area (Å²) in [7, 11) is 0. The number of benzene rings is 2. The molecule has 0 saturated carbocycles. The molecule has 3 aromatic heterocycles. The topological polar surface area (TPSA) is 155 Å². The molecular weight excluding hydrogens is 547 g/mol. The summed E-state index contributed by atoms with van der Waals surface area (Å²) in [4.78, 5) is 42.3. The Morgan fingerprint density at radius 3 is 2.63 bits per heavy atom. The second-order valence-electron chi connectivity index (χ2n) is 9.13. The van der Waals surface area contributed by atoms with Gasteiger partial charge in [-0.3, -0.25) is 14.2 Å². The van der Waals surface area contributed by atoms with Gasteiger partial charge in [-0.2, -0.15) is 0 Å². The smallest absolute Gasteiger partial charge is 0.267 e. The Kier molecular flexibility index (Phi) is 7.33. The minimum atomic E-state index is -0.655. The molecule has 204 valence electrons. The third kappa shape index (κ3) is 5.54. The second kappa shape index (κ2) is 11.0. The normalized spacial score (nSPS) is 11.5. The molecule has 1 unspecified atom stereocenters. The van der Waals surface area contributed by atoms with Gasteiger partial charge in [-0.1, -0.05) is 23.6 Å². The van der Waals surface area contributed by atoms with E-state index in [-0.39, 0.29) is 44.7 Å². The van der Waals surface area contributed by atoms with E-state index in [4.69, 9.17) is 28.1 Å². The highest BCUT2D eigenvalue weighted by atomic mass is 35.5. The number of halogens is 2. The molecule has 3 heterocycles. The molecular formula is C29H22ClFN8O2. The molecule has 10 nitrogen and oxygen atoms in total. The average molecular weight is 569 g/mol. The van der Waals surface area contributed by atoms with Crippen molar-refractivity contribution in [3.05, 3.63) is 110 Å². The number of hydrogen-bond acceptors (Lipinski definition) is 8. The van der Waals surface area contributed by atoms with Gasteiger partial charge in [0, 0.05) is 6.20 Å². The van der Waals surface area contributed by atoms with Gasteiger partial charge in [0.2, 0.25) is 5.91 Å². The van der Waals surface area contributed by atoms with E-state index in [0.29, 0.717) is 16.8 Å². The molecule has 0 aliphatic carbocycles. The number of nitrogen functional groups attached to an aromatic ring is 1. The van der Waals surface area contributed by atoms with Gasteiger partial charge in [0.15, 0.2) is 0 Å². The molecule has 5 aromatic rings. The summed E-state index contributed by atoms with van der Waals surface area (Å²) >= 11 is 6.38. The van der Waals surface area contributed by atoms with Gasteiger partial charge < -0.3 is 16.8 Å². The number of primary amides is 1. The number of nitrogens with two attached hydrogens (primary N) is 2. The van der Waals surface area contributed by atoms with Crippen molar-refractivity contribution in [1.82, 2.24) is 24.5 Å². The zero-order chi connectivity index (χ0) is 29.3. The molecule has 0 fully saturated rings. The van der Waals surface area contributed by atoms with E-state index in [9.17, 15) is 14.0 Å². The number of nitrogens with zero attached hydrogens (tertiary/aromatic N) is 5. The average Bonchev–Trinajstić information content (AvgIpc) is 2.92. The quantitative estimate of drug-likeness (QED) is 0.269. The molecule has 0 radical (unpaired) electrons. The number of carbonyl (C=O) groups is 1. The predicted octanol–water partition coefficient (Wildman–Crippen LogP) is 3.93. The summed E-state index contributed by atoms with van der Waals surface area (Å²) < 4.78 is 15.8. The Labute approximate surface area is 238 Å². The fraction of sp³-hybridized carbons (Fsp3) is 0.103. The third-order valence-electron chi connectivity index (χ3n) is 6.14. The van der Waals surface area contributed by atoms with Crippen molar-refractivity contribution in [3.63, 3.8) is 0 Å². The summed E-state index contributed by atoms with van der Waals surface area (Å²) in [6.07, 6.45) is 2.59. The van der Waals surface area contributed by atoms with Gasteiger partial charge in [0.25, 0.3) is 5.56 Å². The first kappa shape index (κ1) is 27.2. The highest BCUT2D eigenvalue weighted by Gasteiger charge is 2.21. The number of nitrogens with one attached hydrogen (secondary N) is 1. The fourth-order valence-electron chi connectivity index (χ4n) is 4.23. The Bertz CT molecular complexity index is 1930. The summed E-state index contributed by atoms with van der Waals surface area (Å²) in [5, 5.41) is 3.65. The molecule has 0 aliphatic heterocycles. The second-order valence-corrected chi connectivity index (χ2v) is 9.53. The van der Waals surface area contributed by atoms with E-state index < -0.39 is 23.3 Å². The molecule has 2 aromatic carbocycles. The monoisotopic (exact) mass is 568 g/mol. The fourth-order valence-corrected chi connectivity index (χ4v) is 4.49. The van der Waals surface area contributed by atoms with E-state index in [1.807, 2.05) is 0 Å². The summed E-state index contributed by atoms with van der Waals surface area (Å²) in [5.74, 6) is 5.33. The minimum Gasteiger partial charge on any atom is -0.382 e. The van der Waals surface area contributed by atoms with Crippen LogP contribution in [0.2, 0.25) is 5.02 Å². The number of aryl methyl sites for hydroxylation is 1. The van der Waals surface area contributed by atoms with E-state index >= 15 is 0 Å². The lowest BCUT2D eigenvalue weighted by atomic mass is 10.1. The van der Waals surface area contributed by atoms with Crippen LogP contribution in [-0.4, -0.2) is 30.4 Å². The molecule has 5 N–H and O–H groups in total. The lowest BCUT2D eigenvalue weighted by Crippen LogP contribution is -2.28. The van der Waals surface area contributed by atoms with Gasteiger partial charge >= 0.3 is 0 Å². The van der Waals surface area contributed by atoms with Crippen molar-refractivity contribution in [2.45, 2.75) is 19.9 Å². The van der Waals surface area contributed by atoms with Crippen LogP contribution in [0, 0.1) is 24.6 Å². The number of rotatable bonds is 5. The van der Waals surface area contributed by atoms with Crippen molar-refractivity contribution >= 4 is 40.0 Å². The van der Waals surface area contributed by atoms with Gasteiger partial charge in [-0.05, 0) is 67.8 Å². The van der Waals surface area contributed by atoms with Crippen LogP contribution >= 0.6 is 11.6 Å². The van der Waals surface area contributed by atoms with E-state index in [2.05, 4.69) is 32.1 Å². The Hall–Kier alpha value is -5.34. The van der Waals surface area contributed by atoms with Gasteiger partial charge in [0.1, 0.15) is 40.9 Å². The van der Waals surface area contributed by atoms with Crippen LogP contribution in [0.5, 0.6) is 0 Å². The molecule has 1 amide bonds. The maximum Gasteiger partial charge on any atom is 0.267 e. The van der Waals surface area contributed by atoms with E-state index in [1.54, 1.807) is 44.2 Å². The number of hydrogen-bond donors (Lipinski definition) is 3. The third-order valence-corrected chi connectivity index (χ3v) is 6.45. The van der Waals surface area contributed by atoms with Crippen molar-refractivity contribution < 1.29 is 9.18 Å². The highest BCUT2D eigenvalue weighted by Crippen LogP contribution is 2.26. The van der Waals surface area contributed by atoms with Crippen LogP contribution in [0.15, 0.2) is 65.8 Å². The molecule has 0 saturated heterocycles. The van der Waals surface area contributed by atoms with Gasteiger partial charge in [-0.15, -0.1) is 0 Å². The number of anilines is 2. The number of amides is 1. The van der Waals surface area contributed by atoms with Crippen LogP contribution in [0.3, 0.4) is 0 Å². The molecule has 41 heavy (non-hydrogen) atoms. The standard InChI is InChI=1S/C29H22ClFN8O2/c1-15-10-18(31)12-20(11-15)39-28(38-23-5-3-4-22(30)24(23)29(39)41)16(2)37-27-21(25(32)35-14-36-27)9-8-19-7-6-17(13-34-19)26(33)40/h3-7,10-14,16H,1-2H3,(H2,33,40)(H3,32,35,36,37). The number of fused-ring (bicyclic) bond motifs is 1. The Morgan fingerprint density at radius 1 is 1.12 bits per heavy atom. The summed E-state index contributed by atoms with van der Waals surface area (Å²) in [6.45, 7) is 3.49. The molecule has 0 bridgehead atoms. The Balaban J connectivity index is 1.60. The first-order chi connectivity index (χ1) is 19.6. The van der Waals surface area contributed by atoms with Crippen LogP contribution in [0.4, 0.5) is 16.0 Å². The highest BCUT2D eigenvalue weighted by molar-refractivity contribution is 6.35. The van der Waals surface area contributed by atoms with Crippen molar-refractivity contribution in [1.29, 1.82) is 0 Å². The van der Waals surface area contributed by atoms with E-state index in [0.717, 1.165) is 0 Å². The number of pyridine rings is 1. The van der Waals surface area contributed by atoms with Crippen LogP contribution < -0.4 is 22.3 Å². The molecule has 0 spiro atoms. The maximum absolute atomic E-state index is 14.5. The molecule has 12 heteroatoms. The molecule has 0 aliphatic rings. The molecule has 5 rings (SSSR count). The van der Waals surface area contributed by atoms with Crippen molar-refractivity contribution in [2.75, 3.05) is 11.1 Å². The summed E-state index contributed by atoms with van der Waals surface area (Å²) in [5.41, 5.74) is 13.1. The van der Waals surface area contributed by atoms with Gasteiger partial charge in [0.05, 0.1) is 33.2 Å². The predicted molar refractivity (Wildman–Crippen MR) is 154 cm³/mol. The first-order valence-corrected chi connectivity index (χ1v) is 12.6. The van der Waals surface area contributed by atoms with Crippen molar-refractivity contribution in [2.24, 2.45) is 5.73 Å². The lowest BCUT2D eigenvalue weighted by Gasteiger charge is -2.21. The number of aromatic nitrogens is 5. The lowest BCUT2D eigenvalue weighted by molar-refractivity contribution is 0.1000. The zero-order valence-electron chi connectivity index (χ0n) is 21.8. The molecule has 1 atom stereocenters. The largest absolute Gasteiger partial charge is 0.382 e. The summed E-state index contributed by atoms with van der Waals surface area (Å²) in [6, 6.07) is 11.7. The zero-order valence-corrected chi connectivity index (χ0v) is 22.6. The van der Waals surface area contributed by atoms with Crippen LogP contribution in [-0.2, 0) is 0 Å². The van der Waals surface area contributed by atoms with Crippen LogP contribution in [0.1, 0.15) is 46.0 Å². The van der Waals surface area contributed by atoms with Gasteiger partial charge in [-0.25, -0.2) is 24.3 Å². The van der Waals surface area contributed by atoms with Crippen molar-refractivity contribution in [3.8, 4) is 17.5 Å². The maximum atomic E-state index is 14.5. The van der Waals surface area contributed by atoms with Crippen LogP contribution in [0.25, 0.3) is 16.6 Å². The van der Waals surface area contributed by atoms with E-state index in [1.165, 1.54) is 35.3 Å². The Morgan fingerprint density at radius 2 is 1.93 bits per heavy atom. The minimum absolute atomic E-state index is 0.104.